The summed E-state index contributed by atoms with van der Waals surface area (Å²) in [6.45, 7) is 4.44. The third-order valence-corrected chi connectivity index (χ3v) is 5.45. The number of nitro groups is 1. The van der Waals surface area contributed by atoms with E-state index in [2.05, 4.69) is 0 Å². The molecule has 2 rings (SSSR count). The van der Waals surface area contributed by atoms with Crippen LogP contribution in [0.3, 0.4) is 0 Å². The largest absolute Gasteiger partial charge is 0.324 e. The van der Waals surface area contributed by atoms with Gasteiger partial charge in [-0.3, -0.25) is 10.1 Å². The maximum Gasteiger partial charge on any atom is 0.324 e. The normalized spacial score (nSPS) is 24.0. The van der Waals surface area contributed by atoms with Gasteiger partial charge in [0.2, 0.25) is 15.8 Å². The van der Waals surface area contributed by atoms with Gasteiger partial charge in [-0.25, -0.2) is 8.42 Å². The number of hydrogen-bond acceptors (Lipinski definition) is 4. The van der Waals surface area contributed by atoms with E-state index < -0.39 is 31.3 Å². The lowest BCUT2D eigenvalue weighted by Crippen LogP contribution is -2.42. The van der Waals surface area contributed by atoms with E-state index in [0.29, 0.717) is 13.1 Å². The number of nitro benzene ring substituents is 1. The highest BCUT2D eigenvalue weighted by atomic mass is 32.2. The van der Waals surface area contributed by atoms with Crippen LogP contribution in [-0.2, 0) is 10.0 Å². The van der Waals surface area contributed by atoms with Crippen LogP contribution in [0.25, 0.3) is 0 Å². The number of sulfonamides is 1. The molecule has 8 heteroatoms. The molecule has 0 aromatic heterocycles. The maximum atomic E-state index is 13.6. The topological polar surface area (TPSA) is 80.5 Å². The fourth-order valence-electron chi connectivity index (χ4n) is 2.82. The Morgan fingerprint density at radius 1 is 1.29 bits per heavy atom. The summed E-state index contributed by atoms with van der Waals surface area (Å²) in [5, 5.41) is 11.0. The highest BCUT2D eigenvalue weighted by Gasteiger charge is 2.37. The Bertz CT molecular complexity index is 652. The second-order valence-electron chi connectivity index (χ2n) is 5.61. The smallest absolute Gasteiger partial charge is 0.258 e. The Labute approximate surface area is 122 Å². The van der Waals surface area contributed by atoms with E-state index in [1.807, 2.05) is 13.8 Å². The Balaban J connectivity index is 2.50. The van der Waals surface area contributed by atoms with Crippen LogP contribution in [0.2, 0.25) is 0 Å². The average molecular weight is 316 g/mol. The summed E-state index contributed by atoms with van der Waals surface area (Å²) < 4.78 is 40.1. The molecule has 1 fully saturated rings. The molecule has 0 saturated carbocycles. The highest BCUT2D eigenvalue weighted by molar-refractivity contribution is 7.89. The molecular formula is C13H17FN2O4S. The van der Waals surface area contributed by atoms with Gasteiger partial charge in [0.1, 0.15) is 0 Å². The fourth-order valence-corrected chi connectivity index (χ4v) is 4.67. The van der Waals surface area contributed by atoms with Crippen molar-refractivity contribution in [1.29, 1.82) is 0 Å². The summed E-state index contributed by atoms with van der Waals surface area (Å²) in [6.07, 6.45) is 0.900. The molecule has 0 N–H and O–H groups in total. The summed E-state index contributed by atoms with van der Waals surface area (Å²) >= 11 is 0. The Morgan fingerprint density at radius 2 is 1.86 bits per heavy atom. The summed E-state index contributed by atoms with van der Waals surface area (Å²) in [7, 11) is -4.07. The first kappa shape index (κ1) is 15.8. The van der Waals surface area contributed by atoms with Crippen molar-refractivity contribution in [3.05, 3.63) is 34.1 Å². The van der Waals surface area contributed by atoms with Crippen LogP contribution in [0.4, 0.5) is 10.1 Å². The molecule has 0 spiro atoms. The van der Waals surface area contributed by atoms with Crippen molar-refractivity contribution in [2.75, 3.05) is 13.1 Å². The van der Waals surface area contributed by atoms with Gasteiger partial charge in [-0.15, -0.1) is 0 Å². The first-order chi connectivity index (χ1) is 9.73. The first-order valence-electron chi connectivity index (χ1n) is 6.66. The summed E-state index contributed by atoms with van der Waals surface area (Å²) in [5.74, 6) is -0.813. The number of hydrogen-bond donors (Lipinski definition) is 0. The minimum atomic E-state index is -4.07. The van der Waals surface area contributed by atoms with Crippen LogP contribution in [0.15, 0.2) is 23.1 Å². The van der Waals surface area contributed by atoms with Gasteiger partial charge in [-0.1, -0.05) is 19.9 Å². The van der Waals surface area contributed by atoms with Crippen molar-refractivity contribution in [2.45, 2.75) is 25.2 Å². The van der Waals surface area contributed by atoms with Crippen molar-refractivity contribution >= 4 is 15.7 Å². The molecule has 1 aliphatic rings. The third kappa shape index (κ3) is 3.06. The second kappa shape index (κ2) is 5.69. The maximum absolute atomic E-state index is 13.6. The van der Waals surface area contributed by atoms with Crippen LogP contribution >= 0.6 is 0 Å². The lowest BCUT2D eigenvalue weighted by atomic mass is 9.94. The van der Waals surface area contributed by atoms with E-state index in [1.54, 1.807) is 0 Å². The standard InChI is InChI=1S/C13H17FN2O4S/c1-9-6-10(2)8-15(7-9)21(19,20)12-5-3-4-11(14)13(12)16(17)18/h3-5,9-10H,6-8H2,1-2H3. The van der Waals surface area contributed by atoms with E-state index in [0.717, 1.165) is 18.6 Å². The zero-order chi connectivity index (χ0) is 15.8. The minimum Gasteiger partial charge on any atom is -0.258 e. The number of benzene rings is 1. The fraction of sp³-hybridized carbons (Fsp3) is 0.538. The predicted octanol–water partition coefficient (Wildman–Crippen LogP) is 2.40. The van der Waals surface area contributed by atoms with Crippen molar-refractivity contribution < 1.29 is 17.7 Å². The molecule has 0 bridgehead atoms. The van der Waals surface area contributed by atoms with Gasteiger partial charge < -0.3 is 0 Å². The van der Waals surface area contributed by atoms with Gasteiger partial charge in [-0.2, -0.15) is 8.70 Å². The van der Waals surface area contributed by atoms with Gasteiger partial charge in [0.15, 0.2) is 4.90 Å². The summed E-state index contributed by atoms with van der Waals surface area (Å²) in [4.78, 5) is 9.42. The molecule has 21 heavy (non-hydrogen) atoms. The monoisotopic (exact) mass is 316 g/mol. The van der Waals surface area contributed by atoms with Gasteiger partial charge in [0.25, 0.3) is 0 Å². The quantitative estimate of drug-likeness (QED) is 0.633. The lowest BCUT2D eigenvalue weighted by Gasteiger charge is -2.33. The Kier molecular flexibility index (Phi) is 4.29. The lowest BCUT2D eigenvalue weighted by molar-refractivity contribution is -0.390. The number of piperidine rings is 1. The van der Waals surface area contributed by atoms with Crippen molar-refractivity contribution in [2.24, 2.45) is 11.8 Å². The van der Waals surface area contributed by atoms with E-state index >= 15 is 0 Å². The molecule has 6 nitrogen and oxygen atoms in total. The third-order valence-electron chi connectivity index (χ3n) is 3.59. The molecule has 0 aliphatic carbocycles. The zero-order valence-electron chi connectivity index (χ0n) is 11.8. The Hall–Kier alpha value is -1.54. The second-order valence-corrected chi connectivity index (χ2v) is 7.52. The van der Waals surface area contributed by atoms with E-state index in [4.69, 9.17) is 0 Å². The van der Waals surface area contributed by atoms with Gasteiger partial charge in [0, 0.05) is 13.1 Å². The van der Waals surface area contributed by atoms with Crippen molar-refractivity contribution in [3.8, 4) is 0 Å². The molecule has 2 unspecified atom stereocenters. The number of para-hydroxylation sites is 1. The predicted molar refractivity (Wildman–Crippen MR) is 74.8 cm³/mol. The zero-order valence-corrected chi connectivity index (χ0v) is 12.6. The molecule has 116 valence electrons. The Morgan fingerprint density at radius 3 is 2.38 bits per heavy atom. The SMILES string of the molecule is CC1CC(C)CN(S(=O)(=O)c2cccc(F)c2[N+](=O)[O-])C1. The number of nitrogens with zero attached hydrogens (tertiary/aromatic N) is 2. The number of halogens is 1. The molecule has 0 amide bonds. The van der Waals surface area contributed by atoms with E-state index in [1.165, 1.54) is 10.4 Å². The van der Waals surface area contributed by atoms with Crippen molar-refractivity contribution in [3.63, 3.8) is 0 Å². The molecule has 2 atom stereocenters. The van der Waals surface area contributed by atoms with Gasteiger partial charge in [-0.05, 0) is 30.4 Å². The van der Waals surface area contributed by atoms with Gasteiger partial charge >= 0.3 is 5.69 Å². The van der Waals surface area contributed by atoms with E-state index in [-0.39, 0.29) is 11.8 Å². The van der Waals surface area contributed by atoms with Crippen LogP contribution < -0.4 is 0 Å². The van der Waals surface area contributed by atoms with Crippen LogP contribution in [0.5, 0.6) is 0 Å². The molecule has 1 heterocycles. The summed E-state index contributed by atoms with van der Waals surface area (Å²) in [5.41, 5.74) is -0.983. The first-order valence-corrected chi connectivity index (χ1v) is 8.10. The molecular weight excluding hydrogens is 299 g/mol. The van der Waals surface area contributed by atoms with Crippen molar-refractivity contribution in [1.82, 2.24) is 4.31 Å². The molecule has 1 aliphatic heterocycles. The molecule has 1 aromatic carbocycles. The number of rotatable bonds is 3. The minimum absolute atomic E-state index is 0.163. The van der Waals surface area contributed by atoms with Gasteiger partial charge in [0.05, 0.1) is 4.92 Å². The van der Waals surface area contributed by atoms with Crippen LogP contribution in [0, 0.1) is 27.8 Å². The van der Waals surface area contributed by atoms with Crippen LogP contribution in [-0.4, -0.2) is 30.7 Å². The van der Waals surface area contributed by atoms with E-state index in [9.17, 15) is 22.9 Å². The summed E-state index contributed by atoms with van der Waals surface area (Å²) in [6, 6.07) is 3.14. The molecule has 0 radical (unpaired) electrons. The molecule has 1 aromatic rings. The molecule has 1 saturated heterocycles. The van der Waals surface area contributed by atoms with Crippen LogP contribution in [0.1, 0.15) is 20.3 Å². The average Bonchev–Trinajstić information content (AvgIpc) is 2.36. The highest BCUT2D eigenvalue weighted by Crippen LogP contribution is 2.32.